The van der Waals surface area contributed by atoms with Crippen molar-refractivity contribution in [2.75, 3.05) is 6.54 Å². The lowest BCUT2D eigenvalue weighted by Gasteiger charge is -2.17. The molecule has 2 aromatic carbocycles. The molecule has 0 saturated carbocycles. The number of primary amides is 1. The Morgan fingerprint density at radius 3 is 2.33 bits per heavy atom. The quantitative estimate of drug-likeness (QED) is 0.465. The molecule has 0 bridgehead atoms. The second-order valence-corrected chi connectivity index (χ2v) is 7.01. The third-order valence-electron chi connectivity index (χ3n) is 4.35. The fourth-order valence-corrected chi connectivity index (χ4v) is 2.70. The lowest BCUT2D eigenvalue weighted by Crippen LogP contribution is -2.47. The summed E-state index contributed by atoms with van der Waals surface area (Å²) in [5.74, 6) is -1.21. The van der Waals surface area contributed by atoms with Crippen LogP contribution in [0.4, 0.5) is 4.79 Å². The molecule has 160 valence electrons. The van der Waals surface area contributed by atoms with E-state index in [9.17, 15) is 19.5 Å². The van der Waals surface area contributed by atoms with E-state index in [4.69, 9.17) is 10.5 Å². The predicted molar refractivity (Wildman–Crippen MR) is 111 cm³/mol. The van der Waals surface area contributed by atoms with Crippen LogP contribution in [0.15, 0.2) is 54.6 Å². The molecule has 0 aliphatic carbocycles. The fraction of sp³-hybridized carbons (Fsp3) is 0.318. The Bertz CT molecular complexity index is 840. The fourth-order valence-electron chi connectivity index (χ4n) is 2.70. The maximum Gasteiger partial charge on any atom is 0.407 e. The van der Waals surface area contributed by atoms with Crippen LogP contribution in [0.25, 0.3) is 0 Å². The van der Waals surface area contributed by atoms with Crippen molar-refractivity contribution < 1.29 is 24.2 Å². The highest BCUT2D eigenvalue weighted by Gasteiger charge is 2.20. The zero-order valence-corrected chi connectivity index (χ0v) is 16.8. The molecule has 0 aliphatic rings. The maximum atomic E-state index is 12.1. The minimum Gasteiger partial charge on any atom is -0.445 e. The summed E-state index contributed by atoms with van der Waals surface area (Å²) in [5.41, 5.74) is 8.15. The number of carbonyl (C=O) groups is 3. The topological polar surface area (TPSA) is 131 Å². The average molecular weight is 413 g/mol. The number of ether oxygens (including phenoxy) is 1. The maximum absolute atomic E-state index is 12.1. The molecular weight excluding hydrogens is 386 g/mol. The van der Waals surface area contributed by atoms with Crippen molar-refractivity contribution in [1.82, 2.24) is 10.6 Å². The number of alkyl carbamates (subject to hydrolysis) is 1. The standard InChI is InChI=1S/C22H27N3O5/c1-15-7-9-16(10-8-15)11-19(21(23)28)25-20(27)12-18(26)13-24-22(29)30-14-17-5-3-2-4-6-17/h2-10,18-19,26H,11-14H2,1H3,(H2,23,28)(H,24,29)(H,25,27)/t18-,19+/m0/s1. The van der Waals surface area contributed by atoms with Gasteiger partial charge in [0.1, 0.15) is 12.6 Å². The summed E-state index contributed by atoms with van der Waals surface area (Å²) in [6, 6.07) is 15.8. The lowest BCUT2D eigenvalue weighted by molar-refractivity contribution is -0.128. The normalized spacial score (nSPS) is 12.5. The highest BCUT2D eigenvalue weighted by molar-refractivity contribution is 5.87. The summed E-state index contributed by atoms with van der Waals surface area (Å²) < 4.78 is 5.03. The number of aryl methyl sites for hydroxylation is 1. The van der Waals surface area contributed by atoms with E-state index < -0.39 is 30.1 Å². The summed E-state index contributed by atoms with van der Waals surface area (Å²) >= 11 is 0. The molecule has 0 aromatic heterocycles. The third kappa shape index (κ3) is 8.32. The molecule has 2 aromatic rings. The number of nitrogens with two attached hydrogens (primary N) is 1. The largest absolute Gasteiger partial charge is 0.445 e. The zero-order valence-electron chi connectivity index (χ0n) is 16.8. The second-order valence-electron chi connectivity index (χ2n) is 7.01. The molecule has 0 unspecified atom stereocenters. The first-order valence-corrected chi connectivity index (χ1v) is 9.60. The van der Waals surface area contributed by atoms with Gasteiger partial charge in [-0.3, -0.25) is 9.59 Å². The number of amides is 3. The smallest absolute Gasteiger partial charge is 0.407 e. The number of hydrogen-bond acceptors (Lipinski definition) is 5. The Labute approximate surface area is 175 Å². The van der Waals surface area contributed by atoms with E-state index in [0.29, 0.717) is 0 Å². The van der Waals surface area contributed by atoms with Gasteiger partial charge in [-0.15, -0.1) is 0 Å². The van der Waals surface area contributed by atoms with Crippen molar-refractivity contribution in [1.29, 1.82) is 0 Å². The van der Waals surface area contributed by atoms with Crippen LogP contribution in [0.5, 0.6) is 0 Å². The van der Waals surface area contributed by atoms with Gasteiger partial charge in [-0.05, 0) is 18.1 Å². The molecule has 30 heavy (non-hydrogen) atoms. The van der Waals surface area contributed by atoms with Gasteiger partial charge >= 0.3 is 6.09 Å². The molecule has 5 N–H and O–H groups in total. The molecule has 0 heterocycles. The second kappa shape index (κ2) is 11.6. The summed E-state index contributed by atoms with van der Waals surface area (Å²) in [7, 11) is 0. The molecule has 0 fully saturated rings. The highest BCUT2D eigenvalue weighted by Crippen LogP contribution is 2.07. The van der Waals surface area contributed by atoms with E-state index in [1.54, 1.807) is 0 Å². The van der Waals surface area contributed by atoms with Crippen LogP contribution < -0.4 is 16.4 Å². The highest BCUT2D eigenvalue weighted by atomic mass is 16.5. The Balaban J connectivity index is 1.73. The minimum atomic E-state index is -1.14. The van der Waals surface area contributed by atoms with Gasteiger partial charge in [0.2, 0.25) is 11.8 Å². The first-order chi connectivity index (χ1) is 14.3. The van der Waals surface area contributed by atoms with E-state index in [2.05, 4.69) is 10.6 Å². The average Bonchev–Trinajstić information content (AvgIpc) is 2.72. The molecular formula is C22H27N3O5. The van der Waals surface area contributed by atoms with E-state index in [1.165, 1.54) is 0 Å². The van der Waals surface area contributed by atoms with Crippen LogP contribution in [-0.4, -0.2) is 41.7 Å². The molecule has 3 amide bonds. The monoisotopic (exact) mass is 413 g/mol. The van der Waals surface area contributed by atoms with Crippen molar-refractivity contribution in [3.8, 4) is 0 Å². The van der Waals surface area contributed by atoms with Gasteiger partial charge in [0, 0.05) is 13.0 Å². The number of hydrogen-bond donors (Lipinski definition) is 4. The van der Waals surface area contributed by atoms with Crippen LogP contribution in [0, 0.1) is 6.92 Å². The minimum absolute atomic E-state index is 0.0998. The Kier molecular flexibility index (Phi) is 8.83. The summed E-state index contributed by atoms with van der Waals surface area (Å²) in [4.78, 5) is 35.5. The third-order valence-corrected chi connectivity index (χ3v) is 4.35. The van der Waals surface area contributed by atoms with Gasteiger partial charge in [-0.2, -0.15) is 0 Å². The molecule has 0 saturated heterocycles. The number of carbonyl (C=O) groups excluding carboxylic acids is 3. The first-order valence-electron chi connectivity index (χ1n) is 9.60. The van der Waals surface area contributed by atoms with Gasteiger partial charge < -0.3 is 26.2 Å². The van der Waals surface area contributed by atoms with Crippen LogP contribution in [-0.2, 0) is 27.4 Å². The van der Waals surface area contributed by atoms with Crippen molar-refractivity contribution >= 4 is 17.9 Å². The van der Waals surface area contributed by atoms with Gasteiger partial charge in [-0.1, -0.05) is 60.2 Å². The van der Waals surface area contributed by atoms with Gasteiger partial charge in [0.25, 0.3) is 0 Å². The zero-order chi connectivity index (χ0) is 21.9. The van der Waals surface area contributed by atoms with Gasteiger partial charge in [0.15, 0.2) is 0 Å². The molecule has 2 rings (SSSR count). The summed E-state index contributed by atoms with van der Waals surface area (Å²) in [5, 5.41) is 14.9. The Morgan fingerprint density at radius 2 is 1.70 bits per heavy atom. The summed E-state index contributed by atoms with van der Waals surface area (Å²) in [6.45, 7) is 1.88. The number of aliphatic hydroxyl groups is 1. The number of benzene rings is 2. The molecule has 8 heteroatoms. The van der Waals surface area contributed by atoms with Crippen molar-refractivity contribution in [2.24, 2.45) is 5.73 Å². The summed E-state index contributed by atoms with van der Waals surface area (Å²) in [6.07, 6.45) is -1.88. The van der Waals surface area contributed by atoms with Crippen molar-refractivity contribution in [2.45, 2.75) is 38.5 Å². The SMILES string of the molecule is Cc1ccc(C[C@@H](NC(=O)C[C@H](O)CNC(=O)OCc2ccccc2)C(N)=O)cc1. The number of rotatable bonds is 10. The van der Waals surface area contributed by atoms with E-state index >= 15 is 0 Å². The number of nitrogens with one attached hydrogen (secondary N) is 2. The molecule has 0 spiro atoms. The van der Waals surface area contributed by atoms with Crippen molar-refractivity contribution in [3.63, 3.8) is 0 Å². The van der Waals surface area contributed by atoms with Gasteiger partial charge in [0.05, 0.1) is 12.5 Å². The van der Waals surface area contributed by atoms with Crippen LogP contribution in [0.1, 0.15) is 23.1 Å². The molecule has 2 atom stereocenters. The Hall–Kier alpha value is -3.39. The van der Waals surface area contributed by atoms with E-state index in [0.717, 1.165) is 16.7 Å². The van der Waals surface area contributed by atoms with Crippen LogP contribution in [0.3, 0.4) is 0 Å². The molecule has 0 radical (unpaired) electrons. The van der Waals surface area contributed by atoms with E-state index in [-0.39, 0.29) is 26.0 Å². The van der Waals surface area contributed by atoms with Crippen LogP contribution >= 0.6 is 0 Å². The molecule has 8 nitrogen and oxygen atoms in total. The van der Waals surface area contributed by atoms with Gasteiger partial charge in [-0.25, -0.2) is 4.79 Å². The Morgan fingerprint density at radius 1 is 1.03 bits per heavy atom. The van der Waals surface area contributed by atoms with Crippen molar-refractivity contribution in [3.05, 3.63) is 71.3 Å². The predicted octanol–water partition coefficient (Wildman–Crippen LogP) is 1.19. The van der Waals surface area contributed by atoms with Crippen LogP contribution in [0.2, 0.25) is 0 Å². The number of aliphatic hydroxyl groups excluding tert-OH is 1. The molecule has 0 aliphatic heterocycles. The first kappa shape index (κ1) is 22.9. The van der Waals surface area contributed by atoms with E-state index in [1.807, 2.05) is 61.5 Å². The lowest BCUT2D eigenvalue weighted by atomic mass is 10.0.